The molecule has 0 radical (unpaired) electrons. The molecule has 0 spiro atoms. The van der Waals surface area contributed by atoms with E-state index in [0.717, 1.165) is 10.1 Å². The van der Waals surface area contributed by atoms with E-state index in [2.05, 4.69) is 5.32 Å². The Hall–Kier alpha value is -0.970. The van der Waals surface area contributed by atoms with Gasteiger partial charge in [-0.2, -0.15) is 0 Å². The molecule has 1 unspecified atom stereocenters. The summed E-state index contributed by atoms with van der Waals surface area (Å²) in [4.78, 5) is 1.18. The largest absolute Gasteiger partial charge is 0.377 e. The third-order valence-electron chi connectivity index (χ3n) is 2.79. The van der Waals surface area contributed by atoms with Gasteiger partial charge >= 0.3 is 0 Å². The van der Waals surface area contributed by atoms with Gasteiger partial charge < -0.3 is 10.1 Å². The molecule has 0 aliphatic heterocycles. The number of hydrogen-bond donors (Lipinski definition) is 1. The zero-order chi connectivity index (χ0) is 13.1. The molecule has 0 amide bonds. The average molecular weight is 267 g/mol. The van der Waals surface area contributed by atoms with E-state index in [0.29, 0.717) is 6.61 Å². The van der Waals surface area contributed by atoms with Crippen molar-refractivity contribution in [1.29, 1.82) is 0 Å². The predicted molar refractivity (Wildman–Crippen MR) is 74.7 cm³/mol. The molecular weight excluding hydrogens is 249 g/mol. The van der Waals surface area contributed by atoms with Crippen LogP contribution in [0.5, 0.6) is 0 Å². The minimum atomic E-state index is -0.189. The maximum Gasteiger partial charge on any atom is 0.123 e. The van der Waals surface area contributed by atoms with Crippen LogP contribution in [0.3, 0.4) is 0 Å². The quantitative estimate of drug-likeness (QED) is 0.891. The molecule has 1 aromatic carbocycles. The molecule has 4 heteroatoms. The second-order valence-electron chi connectivity index (χ2n) is 4.55. The molecule has 0 aliphatic carbocycles. The Labute approximate surface area is 111 Å². The summed E-state index contributed by atoms with van der Waals surface area (Å²) in [6, 6.07) is 7.10. The standard InChI is InChI=1S/C14H18FNOS/c1-9(2)17-8-12(16-3)14-7-10-6-11(15)4-5-13(10)18-14/h4-7,9,12,16H,8H2,1-3H3. The van der Waals surface area contributed by atoms with E-state index >= 15 is 0 Å². The van der Waals surface area contributed by atoms with Crippen LogP contribution in [-0.4, -0.2) is 19.8 Å². The van der Waals surface area contributed by atoms with Crippen molar-refractivity contribution >= 4 is 21.4 Å². The predicted octanol–water partition coefficient (Wildman–Crippen LogP) is 3.73. The average Bonchev–Trinajstić information content (AvgIpc) is 2.72. The Morgan fingerprint density at radius 3 is 2.78 bits per heavy atom. The zero-order valence-electron chi connectivity index (χ0n) is 10.9. The molecule has 2 nitrogen and oxygen atoms in total. The van der Waals surface area contributed by atoms with E-state index in [9.17, 15) is 4.39 Å². The molecule has 0 saturated carbocycles. The smallest absolute Gasteiger partial charge is 0.123 e. The van der Waals surface area contributed by atoms with Crippen molar-refractivity contribution in [1.82, 2.24) is 5.32 Å². The highest BCUT2D eigenvalue weighted by atomic mass is 32.1. The van der Waals surface area contributed by atoms with E-state index in [4.69, 9.17) is 4.74 Å². The first-order chi connectivity index (χ1) is 8.60. The van der Waals surface area contributed by atoms with Crippen LogP contribution < -0.4 is 5.32 Å². The molecule has 1 N–H and O–H groups in total. The summed E-state index contributed by atoms with van der Waals surface area (Å²) >= 11 is 1.68. The molecule has 0 saturated heterocycles. The number of thiophene rings is 1. The molecular formula is C14H18FNOS. The van der Waals surface area contributed by atoms with Crippen molar-refractivity contribution in [2.75, 3.05) is 13.7 Å². The summed E-state index contributed by atoms with van der Waals surface area (Å²) in [6.07, 6.45) is 0.215. The molecule has 1 aromatic heterocycles. The fourth-order valence-corrected chi connectivity index (χ4v) is 2.94. The lowest BCUT2D eigenvalue weighted by Gasteiger charge is -2.16. The van der Waals surface area contributed by atoms with Crippen LogP contribution in [-0.2, 0) is 4.74 Å². The molecule has 1 atom stereocenters. The summed E-state index contributed by atoms with van der Waals surface area (Å²) in [5.74, 6) is -0.189. The first-order valence-electron chi connectivity index (χ1n) is 6.08. The van der Waals surface area contributed by atoms with Crippen molar-refractivity contribution in [3.05, 3.63) is 35.0 Å². The van der Waals surface area contributed by atoms with Crippen LogP contribution in [0.25, 0.3) is 10.1 Å². The van der Waals surface area contributed by atoms with Crippen molar-refractivity contribution in [3.8, 4) is 0 Å². The zero-order valence-corrected chi connectivity index (χ0v) is 11.7. The van der Waals surface area contributed by atoms with Crippen LogP contribution in [0.15, 0.2) is 24.3 Å². The Bertz CT molecular complexity index is 523. The van der Waals surface area contributed by atoms with Gasteiger partial charge in [-0.3, -0.25) is 0 Å². The van der Waals surface area contributed by atoms with Gasteiger partial charge in [-0.05, 0) is 50.5 Å². The van der Waals surface area contributed by atoms with Gasteiger partial charge in [0.1, 0.15) is 5.82 Å². The number of benzene rings is 1. The highest BCUT2D eigenvalue weighted by molar-refractivity contribution is 7.19. The Balaban J connectivity index is 2.22. The second kappa shape index (κ2) is 5.78. The normalized spacial score (nSPS) is 13.4. The van der Waals surface area contributed by atoms with E-state index in [1.165, 1.54) is 10.9 Å². The highest BCUT2D eigenvalue weighted by Crippen LogP contribution is 2.30. The SMILES string of the molecule is CNC(COC(C)C)c1cc2cc(F)ccc2s1. The highest BCUT2D eigenvalue weighted by Gasteiger charge is 2.14. The van der Waals surface area contributed by atoms with Crippen molar-refractivity contribution in [2.45, 2.75) is 26.0 Å². The molecule has 0 fully saturated rings. The number of likely N-dealkylation sites (N-methyl/N-ethyl adjacent to an activating group) is 1. The number of fused-ring (bicyclic) bond motifs is 1. The summed E-state index contributed by atoms with van der Waals surface area (Å²) in [7, 11) is 1.92. The lowest BCUT2D eigenvalue weighted by Crippen LogP contribution is -2.22. The fraction of sp³-hybridized carbons (Fsp3) is 0.429. The Kier molecular flexibility index (Phi) is 4.32. The van der Waals surface area contributed by atoms with E-state index in [1.807, 2.05) is 33.0 Å². The monoisotopic (exact) mass is 267 g/mol. The van der Waals surface area contributed by atoms with Gasteiger partial charge in [0.25, 0.3) is 0 Å². The van der Waals surface area contributed by atoms with Gasteiger partial charge in [0, 0.05) is 9.58 Å². The van der Waals surface area contributed by atoms with E-state index < -0.39 is 0 Å². The van der Waals surface area contributed by atoms with Crippen molar-refractivity contribution < 1.29 is 9.13 Å². The van der Waals surface area contributed by atoms with Crippen LogP contribution in [0.2, 0.25) is 0 Å². The van der Waals surface area contributed by atoms with Crippen LogP contribution in [0, 0.1) is 5.82 Å². The van der Waals surface area contributed by atoms with E-state index in [-0.39, 0.29) is 18.0 Å². The first-order valence-corrected chi connectivity index (χ1v) is 6.89. The summed E-state index contributed by atoms with van der Waals surface area (Å²) in [5, 5.41) is 4.20. The summed E-state index contributed by atoms with van der Waals surface area (Å²) in [6.45, 7) is 4.67. The molecule has 0 aliphatic rings. The number of hydrogen-bond acceptors (Lipinski definition) is 3. The lowest BCUT2D eigenvalue weighted by molar-refractivity contribution is 0.0632. The fourth-order valence-electron chi connectivity index (χ4n) is 1.80. The van der Waals surface area contributed by atoms with Gasteiger partial charge in [-0.15, -0.1) is 11.3 Å². The van der Waals surface area contributed by atoms with E-state index in [1.54, 1.807) is 17.4 Å². The van der Waals surface area contributed by atoms with Gasteiger partial charge in [0.2, 0.25) is 0 Å². The molecule has 2 rings (SSSR count). The maximum atomic E-state index is 13.1. The molecule has 1 heterocycles. The second-order valence-corrected chi connectivity index (χ2v) is 5.67. The Morgan fingerprint density at radius 1 is 1.33 bits per heavy atom. The molecule has 98 valence electrons. The molecule has 18 heavy (non-hydrogen) atoms. The summed E-state index contributed by atoms with van der Waals surface area (Å²) in [5.41, 5.74) is 0. The van der Waals surface area contributed by atoms with Gasteiger partial charge in [0.15, 0.2) is 0 Å². The minimum Gasteiger partial charge on any atom is -0.377 e. The van der Waals surface area contributed by atoms with Crippen molar-refractivity contribution in [2.24, 2.45) is 0 Å². The van der Waals surface area contributed by atoms with Gasteiger partial charge in [-0.1, -0.05) is 0 Å². The van der Waals surface area contributed by atoms with Crippen LogP contribution >= 0.6 is 11.3 Å². The number of rotatable bonds is 5. The number of halogens is 1. The summed E-state index contributed by atoms with van der Waals surface area (Å²) < 4.78 is 19.9. The molecule has 2 aromatic rings. The molecule has 0 bridgehead atoms. The number of nitrogens with one attached hydrogen (secondary N) is 1. The maximum absolute atomic E-state index is 13.1. The third kappa shape index (κ3) is 3.07. The van der Waals surface area contributed by atoms with Crippen LogP contribution in [0.1, 0.15) is 24.8 Å². The van der Waals surface area contributed by atoms with Crippen molar-refractivity contribution in [3.63, 3.8) is 0 Å². The lowest BCUT2D eigenvalue weighted by atomic mass is 10.2. The minimum absolute atomic E-state index is 0.160. The topological polar surface area (TPSA) is 21.3 Å². The van der Waals surface area contributed by atoms with Crippen LogP contribution in [0.4, 0.5) is 4.39 Å². The van der Waals surface area contributed by atoms with Gasteiger partial charge in [0.05, 0.1) is 18.8 Å². The number of ether oxygens (including phenoxy) is 1. The first kappa shape index (κ1) is 13.5. The van der Waals surface area contributed by atoms with Gasteiger partial charge in [-0.25, -0.2) is 4.39 Å². The Morgan fingerprint density at radius 2 is 2.11 bits per heavy atom. The third-order valence-corrected chi connectivity index (χ3v) is 4.02.